The average molecular weight is 414 g/mol. The standard InChI is InChI=1S/C22H27FN4O3/c1-25-19-7-6-18(28)14-20(19)30-22(25)8-9-24-21(29)15-26-10-12-27(13-11-26)17-4-2-16(23)3-5-17/h2-7,14,22,28H,8-13,15H2,1H3,(H,24,29). The molecule has 4 rings (SSSR count). The average Bonchev–Trinajstić information content (AvgIpc) is 3.04. The Morgan fingerprint density at radius 3 is 2.63 bits per heavy atom. The Kier molecular flexibility index (Phi) is 5.94. The summed E-state index contributed by atoms with van der Waals surface area (Å²) in [5.41, 5.74) is 1.94. The number of aromatic hydroxyl groups is 1. The lowest BCUT2D eigenvalue weighted by molar-refractivity contribution is -0.122. The minimum Gasteiger partial charge on any atom is -0.508 e. The number of fused-ring (bicyclic) bond motifs is 1. The van der Waals surface area contributed by atoms with E-state index in [9.17, 15) is 14.3 Å². The molecule has 2 heterocycles. The van der Waals surface area contributed by atoms with Crippen LogP contribution < -0.4 is 19.9 Å². The molecule has 2 aliphatic rings. The van der Waals surface area contributed by atoms with Crippen LogP contribution in [-0.2, 0) is 4.79 Å². The summed E-state index contributed by atoms with van der Waals surface area (Å²) in [7, 11) is 1.94. The van der Waals surface area contributed by atoms with Crippen LogP contribution in [0.15, 0.2) is 42.5 Å². The molecule has 0 aliphatic carbocycles. The van der Waals surface area contributed by atoms with E-state index in [4.69, 9.17) is 4.74 Å². The predicted molar refractivity (Wildman–Crippen MR) is 114 cm³/mol. The zero-order valence-electron chi connectivity index (χ0n) is 17.1. The summed E-state index contributed by atoms with van der Waals surface area (Å²) in [4.78, 5) is 18.7. The lowest BCUT2D eigenvalue weighted by Crippen LogP contribution is -2.49. The number of amides is 1. The summed E-state index contributed by atoms with van der Waals surface area (Å²) in [6.45, 7) is 4.08. The number of piperazine rings is 1. The second-order valence-corrected chi connectivity index (χ2v) is 7.71. The monoisotopic (exact) mass is 414 g/mol. The number of carbonyl (C=O) groups excluding carboxylic acids is 1. The molecule has 160 valence electrons. The third-order valence-corrected chi connectivity index (χ3v) is 5.66. The second-order valence-electron chi connectivity index (χ2n) is 7.71. The van der Waals surface area contributed by atoms with Crippen molar-refractivity contribution in [1.29, 1.82) is 0 Å². The van der Waals surface area contributed by atoms with Gasteiger partial charge in [-0.05, 0) is 36.4 Å². The fourth-order valence-electron chi connectivity index (χ4n) is 3.93. The number of benzene rings is 2. The minimum atomic E-state index is -0.231. The molecule has 8 heteroatoms. The Morgan fingerprint density at radius 2 is 1.90 bits per heavy atom. The molecule has 0 saturated carbocycles. The SMILES string of the molecule is CN1c2ccc(O)cc2OC1CCNC(=O)CN1CCN(c2ccc(F)cc2)CC1. The van der Waals surface area contributed by atoms with Crippen LogP contribution in [0.4, 0.5) is 15.8 Å². The zero-order valence-corrected chi connectivity index (χ0v) is 17.1. The number of nitrogens with one attached hydrogen (secondary N) is 1. The van der Waals surface area contributed by atoms with E-state index in [1.165, 1.54) is 12.1 Å². The Bertz CT molecular complexity index is 884. The van der Waals surface area contributed by atoms with Gasteiger partial charge in [-0.3, -0.25) is 9.69 Å². The summed E-state index contributed by atoms with van der Waals surface area (Å²) in [5, 5.41) is 12.6. The molecule has 2 aromatic carbocycles. The highest BCUT2D eigenvalue weighted by Gasteiger charge is 2.28. The fraction of sp³-hybridized carbons (Fsp3) is 0.409. The van der Waals surface area contributed by atoms with E-state index in [0.29, 0.717) is 25.3 Å². The Labute approximate surface area is 175 Å². The van der Waals surface area contributed by atoms with Crippen molar-refractivity contribution in [2.75, 3.05) is 56.1 Å². The highest BCUT2D eigenvalue weighted by Crippen LogP contribution is 2.39. The Balaban J connectivity index is 1.17. The van der Waals surface area contributed by atoms with Crippen LogP contribution >= 0.6 is 0 Å². The molecule has 0 aromatic heterocycles. The van der Waals surface area contributed by atoms with Gasteiger partial charge in [0.15, 0.2) is 6.23 Å². The number of nitrogens with zero attached hydrogens (tertiary/aromatic N) is 3. The van der Waals surface area contributed by atoms with Crippen molar-refractivity contribution < 1.29 is 19.0 Å². The number of rotatable bonds is 6. The van der Waals surface area contributed by atoms with E-state index in [1.54, 1.807) is 24.3 Å². The van der Waals surface area contributed by atoms with E-state index in [-0.39, 0.29) is 23.7 Å². The van der Waals surface area contributed by atoms with Crippen molar-refractivity contribution >= 4 is 17.3 Å². The number of hydrogen-bond donors (Lipinski definition) is 2. The number of halogens is 1. The second kappa shape index (κ2) is 8.79. The van der Waals surface area contributed by atoms with Crippen molar-refractivity contribution in [2.24, 2.45) is 0 Å². The summed E-state index contributed by atoms with van der Waals surface area (Å²) in [6, 6.07) is 11.6. The first kappa shape index (κ1) is 20.3. The molecule has 1 amide bonds. The third-order valence-electron chi connectivity index (χ3n) is 5.66. The van der Waals surface area contributed by atoms with Gasteiger partial charge in [-0.1, -0.05) is 0 Å². The van der Waals surface area contributed by atoms with Crippen LogP contribution in [-0.4, -0.2) is 68.5 Å². The maximum atomic E-state index is 13.1. The van der Waals surface area contributed by atoms with Gasteiger partial charge in [0.2, 0.25) is 5.91 Å². The first-order chi connectivity index (χ1) is 14.5. The van der Waals surface area contributed by atoms with Crippen LogP contribution in [0.1, 0.15) is 6.42 Å². The van der Waals surface area contributed by atoms with Gasteiger partial charge in [0.25, 0.3) is 0 Å². The Hall–Kier alpha value is -3.00. The lowest BCUT2D eigenvalue weighted by atomic mass is 10.2. The molecule has 1 fully saturated rings. The van der Waals surface area contributed by atoms with Crippen molar-refractivity contribution in [2.45, 2.75) is 12.6 Å². The molecule has 2 aliphatic heterocycles. The highest BCUT2D eigenvalue weighted by molar-refractivity contribution is 5.78. The van der Waals surface area contributed by atoms with Crippen molar-refractivity contribution in [3.63, 3.8) is 0 Å². The van der Waals surface area contributed by atoms with E-state index in [0.717, 1.165) is 37.6 Å². The van der Waals surface area contributed by atoms with Crippen LogP contribution in [0.3, 0.4) is 0 Å². The van der Waals surface area contributed by atoms with Gasteiger partial charge < -0.3 is 25.0 Å². The molecule has 2 N–H and O–H groups in total. The smallest absolute Gasteiger partial charge is 0.234 e. The zero-order chi connectivity index (χ0) is 21.1. The summed E-state index contributed by atoms with van der Waals surface area (Å²) in [6.07, 6.45) is 0.483. The highest BCUT2D eigenvalue weighted by atomic mass is 19.1. The fourth-order valence-corrected chi connectivity index (χ4v) is 3.93. The van der Waals surface area contributed by atoms with Gasteiger partial charge >= 0.3 is 0 Å². The van der Waals surface area contributed by atoms with E-state index in [2.05, 4.69) is 15.1 Å². The van der Waals surface area contributed by atoms with Crippen molar-refractivity contribution in [3.8, 4) is 11.5 Å². The van der Waals surface area contributed by atoms with Gasteiger partial charge in [-0.25, -0.2) is 4.39 Å². The summed E-state index contributed by atoms with van der Waals surface area (Å²) in [5.74, 6) is 0.606. The van der Waals surface area contributed by atoms with Crippen LogP contribution in [0.2, 0.25) is 0 Å². The van der Waals surface area contributed by atoms with Gasteiger partial charge in [-0.2, -0.15) is 0 Å². The molecular formula is C22H27FN4O3. The van der Waals surface area contributed by atoms with E-state index in [1.807, 2.05) is 18.0 Å². The molecule has 1 atom stereocenters. The summed E-state index contributed by atoms with van der Waals surface area (Å²) < 4.78 is 18.9. The maximum Gasteiger partial charge on any atom is 0.234 e. The molecule has 1 saturated heterocycles. The van der Waals surface area contributed by atoms with Crippen LogP contribution in [0, 0.1) is 5.82 Å². The maximum absolute atomic E-state index is 13.1. The predicted octanol–water partition coefficient (Wildman–Crippen LogP) is 2.01. The molecule has 0 bridgehead atoms. The normalized spacial score (nSPS) is 18.8. The molecule has 2 aromatic rings. The molecule has 0 radical (unpaired) electrons. The molecule has 1 unspecified atom stereocenters. The largest absolute Gasteiger partial charge is 0.508 e. The third kappa shape index (κ3) is 4.59. The number of carbonyl (C=O) groups is 1. The topological polar surface area (TPSA) is 68.3 Å². The number of ether oxygens (including phenoxy) is 1. The van der Waals surface area contributed by atoms with Gasteiger partial charge in [0.1, 0.15) is 17.3 Å². The first-order valence-corrected chi connectivity index (χ1v) is 10.2. The number of hydrogen-bond acceptors (Lipinski definition) is 6. The Morgan fingerprint density at radius 1 is 1.17 bits per heavy atom. The molecule has 7 nitrogen and oxygen atoms in total. The summed E-state index contributed by atoms with van der Waals surface area (Å²) >= 11 is 0. The van der Waals surface area contributed by atoms with Gasteiger partial charge in [0, 0.05) is 57.9 Å². The van der Waals surface area contributed by atoms with Gasteiger partial charge in [0.05, 0.1) is 12.2 Å². The quantitative estimate of drug-likeness (QED) is 0.754. The first-order valence-electron chi connectivity index (χ1n) is 10.2. The lowest BCUT2D eigenvalue weighted by Gasteiger charge is -2.35. The minimum absolute atomic E-state index is 0.000964. The number of phenolic OH excluding ortho intramolecular Hbond substituents is 1. The number of phenols is 1. The van der Waals surface area contributed by atoms with Crippen LogP contribution in [0.5, 0.6) is 11.5 Å². The van der Waals surface area contributed by atoms with Crippen LogP contribution in [0.25, 0.3) is 0 Å². The van der Waals surface area contributed by atoms with Gasteiger partial charge in [-0.15, -0.1) is 0 Å². The molecule has 30 heavy (non-hydrogen) atoms. The molecule has 0 spiro atoms. The van der Waals surface area contributed by atoms with E-state index >= 15 is 0 Å². The molecular weight excluding hydrogens is 387 g/mol. The van der Waals surface area contributed by atoms with E-state index < -0.39 is 0 Å². The number of anilines is 2. The van der Waals surface area contributed by atoms with Crippen molar-refractivity contribution in [1.82, 2.24) is 10.2 Å². The van der Waals surface area contributed by atoms with Crippen molar-refractivity contribution in [3.05, 3.63) is 48.3 Å².